The highest BCUT2D eigenvalue weighted by Gasteiger charge is 2.29. The topological polar surface area (TPSA) is 45.7 Å². The fraction of sp³-hybridized carbons (Fsp3) is 0.409. The first kappa shape index (κ1) is 23.0. The number of rotatable bonds is 6. The molecule has 1 aliphatic rings. The summed E-state index contributed by atoms with van der Waals surface area (Å²) in [6, 6.07) is 18.5. The maximum Gasteiger partial charge on any atom is 0.191 e. The number of hydrogen-bond donors (Lipinski definition) is 2. The van der Waals surface area contributed by atoms with E-state index in [1.165, 1.54) is 11.1 Å². The Morgan fingerprint density at radius 3 is 2.57 bits per heavy atom. The molecule has 2 N–H and O–H groups in total. The molecule has 0 spiro atoms. The molecule has 0 bridgehead atoms. The molecule has 2 aromatic rings. The van der Waals surface area contributed by atoms with Crippen LogP contribution in [0.4, 0.5) is 0 Å². The fourth-order valence-corrected chi connectivity index (χ4v) is 3.53. The molecule has 1 aliphatic heterocycles. The lowest BCUT2D eigenvalue weighted by molar-refractivity contribution is 0.0925. The fourth-order valence-electron chi connectivity index (χ4n) is 3.40. The van der Waals surface area contributed by atoms with E-state index in [-0.39, 0.29) is 36.1 Å². The predicted octanol–water partition coefficient (Wildman–Crippen LogP) is 5.35. The summed E-state index contributed by atoms with van der Waals surface area (Å²) < 4.78 is 5.98. The molecule has 0 aromatic heterocycles. The summed E-state index contributed by atoms with van der Waals surface area (Å²) in [5, 5.41) is 7.58. The van der Waals surface area contributed by atoms with Crippen molar-refractivity contribution in [1.29, 1.82) is 0 Å². The predicted molar refractivity (Wildman–Crippen MR) is 128 cm³/mol. The molecule has 1 saturated heterocycles. The molecular weight excluding hydrogens is 485 g/mol. The summed E-state index contributed by atoms with van der Waals surface area (Å²) in [6.07, 6.45) is 1.17. The van der Waals surface area contributed by atoms with Gasteiger partial charge in [0, 0.05) is 30.6 Å². The van der Waals surface area contributed by atoms with Crippen molar-refractivity contribution < 1.29 is 4.74 Å². The van der Waals surface area contributed by atoms with Gasteiger partial charge in [0.25, 0.3) is 0 Å². The molecular formula is C22H29ClIN3O. The normalized spacial score (nSPS) is 20.3. The van der Waals surface area contributed by atoms with E-state index in [0.717, 1.165) is 37.1 Å². The first-order valence-electron chi connectivity index (χ1n) is 9.64. The van der Waals surface area contributed by atoms with Gasteiger partial charge in [0.1, 0.15) is 0 Å². The lowest BCUT2D eigenvalue weighted by Crippen LogP contribution is -2.39. The second kappa shape index (κ2) is 11.6. The molecule has 0 saturated carbocycles. The summed E-state index contributed by atoms with van der Waals surface area (Å²) in [5.41, 5.74) is 2.42. The molecule has 0 radical (unpaired) electrons. The van der Waals surface area contributed by atoms with Crippen LogP contribution in [0, 0.1) is 5.92 Å². The van der Waals surface area contributed by atoms with Gasteiger partial charge < -0.3 is 15.4 Å². The SMILES string of the molecule is CCNC(=NCC1CCOC1c1ccccc1)NC(C)c1ccc(Cl)cc1.I. The van der Waals surface area contributed by atoms with Crippen molar-refractivity contribution in [2.75, 3.05) is 19.7 Å². The minimum Gasteiger partial charge on any atom is -0.373 e. The van der Waals surface area contributed by atoms with E-state index in [0.29, 0.717) is 5.92 Å². The number of hydrogen-bond acceptors (Lipinski definition) is 2. The van der Waals surface area contributed by atoms with Crippen LogP contribution >= 0.6 is 35.6 Å². The third-order valence-corrected chi connectivity index (χ3v) is 5.15. The molecule has 6 heteroatoms. The van der Waals surface area contributed by atoms with Crippen molar-refractivity contribution in [2.24, 2.45) is 10.9 Å². The van der Waals surface area contributed by atoms with Crippen molar-refractivity contribution in [3.8, 4) is 0 Å². The maximum atomic E-state index is 5.99. The van der Waals surface area contributed by atoms with Crippen LogP contribution in [0.25, 0.3) is 0 Å². The Morgan fingerprint density at radius 2 is 1.89 bits per heavy atom. The van der Waals surface area contributed by atoms with Crippen LogP contribution in [-0.2, 0) is 4.74 Å². The second-order valence-corrected chi connectivity index (χ2v) is 7.32. The number of aliphatic imine (C=N–C) groups is 1. The van der Waals surface area contributed by atoms with Crippen molar-refractivity contribution in [3.05, 3.63) is 70.7 Å². The van der Waals surface area contributed by atoms with Crippen LogP contribution in [-0.4, -0.2) is 25.7 Å². The van der Waals surface area contributed by atoms with Gasteiger partial charge in [0.05, 0.1) is 12.1 Å². The van der Waals surface area contributed by atoms with E-state index in [1.807, 2.05) is 30.3 Å². The number of nitrogens with one attached hydrogen (secondary N) is 2. The molecule has 4 nitrogen and oxygen atoms in total. The molecule has 152 valence electrons. The van der Waals surface area contributed by atoms with Gasteiger partial charge in [-0.15, -0.1) is 24.0 Å². The molecule has 3 unspecified atom stereocenters. The zero-order chi connectivity index (χ0) is 19.1. The molecule has 28 heavy (non-hydrogen) atoms. The Balaban J connectivity index is 0.00000280. The molecule has 1 heterocycles. The Kier molecular flexibility index (Phi) is 9.55. The summed E-state index contributed by atoms with van der Waals surface area (Å²) in [4.78, 5) is 4.84. The van der Waals surface area contributed by atoms with Crippen molar-refractivity contribution in [2.45, 2.75) is 32.4 Å². The molecule has 0 amide bonds. The van der Waals surface area contributed by atoms with E-state index in [2.05, 4.69) is 48.7 Å². The summed E-state index contributed by atoms with van der Waals surface area (Å²) in [5.74, 6) is 1.23. The Hall–Kier alpha value is -1.31. The average Bonchev–Trinajstić information content (AvgIpc) is 3.16. The van der Waals surface area contributed by atoms with E-state index < -0.39 is 0 Å². The quantitative estimate of drug-likeness (QED) is 0.311. The third kappa shape index (κ3) is 6.36. The molecule has 0 aliphatic carbocycles. The summed E-state index contributed by atoms with van der Waals surface area (Å²) in [6.45, 7) is 6.56. The van der Waals surface area contributed by atoms with Gasteiger partial charge >= 0.3 is 0 Å². The van der Waals surface area contributed by atoms with Crippen LogP contribution in [0.2, 0.25) is 5.02 Å². The van der Waals surface area contributed by atoms with Gasteiger partial charge in [0.15, 0.2) is 5.96 Å². The maximum absolute atomic E-state index is 5.99. The van der Waals surface area contributed by atoms with Gasteiger partial charge in [-0.2, -0.15) is 0 Å². The van der Waals surface area contributed by atoms with E-state index >= 15 is 0 Å². The van der Waals surface area contributed by atoms with Gasteiger partial charge in [0.2, 0.25) is 0 Å². The molecule has 3 rings (SSSR count). The van der Waals surface area contributed by atoms with Crippen LogP contribution in [0.15, 0.2) is 59.6 Å². The van der Waals surface area contributed by atoms with E-state index in [1.54, 1.807) is 0 Å². The average molecular weight is 514 g/mol. The Labute approximate surface area is 190 Å². The van der Waals surface area contributed by atoms with Gasteiger partial charge in [-0.05, 0) is 43.5 Å². The minimum absolute atomic E-state index is 0. The number of guanidine groups is 1. The lowest BCUT2D eigenvalue weighted by atomic mass is 9.95. The highest BCUT2D eigenvalue weighted by molar-refractivity contribution is 14.0. The molecule has 3 atom stereocenters. The number of halogens is 2. The van der Waals surface area contributed by atoms with Gasteiger partial charge in [-0.3, -0.25) is 4.99 Å². The standard InChI is InChI=1S/C22H28ClN3O.HI/c1-3-24-22(26-16(2)17-9-11-20(23)12-10-17)25-15-19-13-14-27-21(19)18-7-5-4-6-8-18;/h4-12,16,19,21H,3,13-15H2,1-2H3,(H2,24,25,26);1H. The highest BCUT2D eigenvalue weighted by atomic mass is 127. The zero-order valence-electron chi connectivity index (χ0n) is 16.4. The Bertz CT molecular complexity index is 739. The van der Waals surface area contributed by atoms with E-state index in [9.17, 15) is 0 Å². The first-order valence-corrected chi connectivity index (χ1v) is 10.0. The first-order chi connectivity index (χ1) is 13.2. The highest BCUT2D eigenvalue weighted by Crippen LogP contribution is 2.34. The van der Waals surface area contributed by atoms with Crippen LogP contribution in [0.5, 0.6) is 0 Å². The zero-order valence-corrected chi connectivity index (χ0v) is 19.5. The monoisotopic (exact) mass is 513 g/mol. The van der Waals surface area contributed by atoms with Crippen LogP contribution in [0.1, 0.15) is 43.5 Å². The summed E-state index contributed by atoms with van der Waals surface area (Å²) >= 11 is 5.99. The smallest absolute Gasteiger partial charge is 0.191 e. The minimum atomic E-state index is 0. The number of benzene rings is 2. The third-order valence-electron chi connectivity index (χ3n) is 4.89. The van der Waals surface area contributed by atoms with E-state index in [4.69, 9.17) is 21.3 Å². The second-order valence-electron chi connectivity index (χ2n) is 6.89. The molecule has 2 aromatic carbocycles. The Morgan fingerprint density at radius 1 is 1.18 bits per heavy atom. The lowest BCUT2D eigenvalue weighted by Gasteiger charge is -2.20. The van der Waals surface area contributed by atoms with Crippen molar-refractivity contribution >= 4 is 41.5 Å². The number of nitrogens with zero attached hydrogens (tertiary/aromatic N) is 1. The van der Waals surface area contributed by atoms with Crippen LogP contribution in [0.3, 0.4) is 0 Å². The van der Waals surface area contributed by atoms with Crippen molar-refractivity contribution in [1.82, 2.24) is 10.6 Å². The van der Waals surface area contributed by atoms with Gasteiger partial charge in [-0.25, -0.2) is 0 Å². The summed E-state index contributed by atoms with van der Waals surface area (Å²) in [7, 11) is 0. The van der Waals surface area contributed by atoms with Gasteiger partial charge in [-0.1, -0.05) is 54.1 Å². The van der Waals surface area contributed by atoms with Crippen molar-refractivity contribution in [3.63, 3.8) is 0 Å². The molecule has 1 fully saturated rings. The van der Waals surface area contributed by atoms with Crippen LogP contribution < -0.4 is 10.6 Å². The largest absolute Gasteiger partial charge is 0.373 e. The number of ether oxygens (including phenoxy) is 1.